The van der Waals surface area contributed by atoms with Crippen LogP contribution in [0.1, 0.15) is 47.4 Å². The first-order valence-electron chi connectivity index (χ1n) is 16.8. The van der Waals surface area contributed by atoms with Gasteiger partial charge in [0.25, 0.3) is 0 Å². The molecule has 0 fully saturated rings. The molecular weight excluding hydrogens is 705 g/mol. The molecule has 0 radical (unpaired) electrons. The number of rotatable bonds is 16. The van der Waals surface area contributed by atoms with Crippen molar-refractivity contribution in [3.8, 4) is 0 Å². The van der Waals surface area contributed by atoms with E-state index in [0.717, 1.165) is 27.5 Å². The van der Waals surface area contributed by atoms with E-state index in [1.165, 1.54) is 0 Å². The molecule has 0 heterocycles. The number of benzene rings is 4. The number of halogens is 3. The van der Waals surface area contributed by atoms with Crippen LogP contribution in [0.15, 0.2) is 97.1 Å². The number of nitrogens with two attached hydrogens (primary N) is 3. The molecule has 4 rings (SSSR count). The average Bonchev–Trinajstić information content (AvgIpc) is 3.13. The Morgan fingerprint density at radius 1 is 0.722 bits per heavy atom. The van der Waals surface area contributed by atoms with E-state index in [1.807, 2.05) is 84.9 Å². The van der Waals surface area contributed by atoms with E-state index in [2.05, 4.69) is 16.0 Å². The van der Waals surface area contributed by atoms with E-state index >= 15 is 0 Å². The first-order chi connectivity index (χ1) is 25.5. The van der Waals surface area contributed by atoms with Crippen LogP contribution in [0.2, 0.25) is 0 Å². The summed E-state index contributed by atoms with van der Waals surface area (Å²) >= 11 is 0. The van der Waals surface area contributed by atoms with E-state index in [9.17, 15) is 27.6 Å². The standard InChI is InChI=1S/C36H42N8O3.C2HF3O2/c37-32(38)26-15-12-24(13-16-26)21-29(28-18-17-25-9-4-5-10-27(25)22-28)34(46)44-31(19-14-23-7-2-1-3-8-23)35(47)43-30(33(39)45)11-6-20-42-36(40)41;3-2(4,5)1(6)7/h1-5,7-10,12-13,15-18,22,29-31H,6,11,14,19-21H2,(H3,37,38)(H2,39,45)(H,43,47)(H,44,46)(H4,40,41,42);(H,6,7)/t29-,30+,31+;/m1./s1. The van der Waals surface area contributed by atoms with Gasteiger partial charge in [0.2, 0.25) is 17.7 Å². The number of primary amides is 1. The van der Waals surface area contributed by atoms with Crippen LogP contribution in [0.5, 0.6) is 0 Å². The third-order valence-corrected chi connectivity index (χ3v) is 8.28. The van der Waals surface area contributed by atoms with Gasteiger partial charge in [0.15, 0.2) is 5.96 Å². The molecule has 0 bridgehead atoms. The molecule has 0 spiro atoms. The van der Waals surface area contributed by atoms with E-state index in [4.69, 9.17) is 37.9 Å². The average molecular weight is 749 g/mol. The highest BCUT2D eigenvalue weighted by molar-refractivity contribution is 5.95. The van der Waals surface area contributed by atoms with E-state index < -0.39 is 42.0 Å². The van der Waals surface area contributed by atoms with Crippen LogP contribution in [0.25, 0.3) is 10.8 Å². The third-order valence-electron chi connectivity index (χ3n) is 8.28. The smallest absolute Gasteiger partial charge is 0.475 e. The first kappa shape index (κ1) is 42.0. The molecule has 4 aromatic rings. The van der Waals surface area contributed by atoms with Gasteiger partial charge in [0.05, 0.1) is 5.92 Å². The molecule has 0 saturated carbocycles. The minimum atomic E-state index is -5.08. The number of nitrogens with one attached hydrogen (secondary N) is 5. The van der Waals surface area contributed by atoms with Gasteiger partial charge in [-0.1, -0.05) is 97.1 Å². The van der Waals surface area contributed by atoms with Crippen LogP contribution in [0.3, 0.4) is 0 Å². The molecule has 16 heteroatoms. The fourth-order valence-electron chi connectivity index (χ4n) is 5.43. The molecule has 13 nitrogen and oxygen atoms in total. The number of guanidine groups is 1. The van der Waals surface area contributed by atoms with Crippen molar-refractivity contribution in [3.63, 3.8) is 0 Å². The quantitative estimate of drug-likeness (QED) is 0.0465. The molecule has 0 aliphatic rings. The molecule has 12 N–H and O–H groups in total. The van der Waals surface area contributed by atoms with E-state index in [1.54, 1.807) is 12.1 Å². The summed E-state index contributed by atoms with van der Waals surface area (Å²) < 4.78 is 31.7. The maximum atomic E-state index is 14.2. The minimum absolute atomic E-state index is 0.0444. The molecule has 4 aromatic carbocycles. The fourth-order valence-corrected chi connectivity index (χ4v) is 5.43. The summed E-state index contributed by atoms with van der Waals surface area (Å²) in [6.45, 7) is 0.337. The van der Waals surface area contributed by atoms with Crippen molar-refractivity contribution >= 4 is 46.3 Å². The summed E-state index contributed by atoms with van der Waals surface area (Å²) in [5, 5.41) is 32.6. The van der Waals surface area contributed by atoms with Gasteiger partial charge in [-0.15, -0.1) is 0 Å². The molecule has 3 amide bonds. The predicted molar refractivity (Wildman–Crippen MR) is 199 cm³/mol. The number of carboxylic acid groups (broad SMARTS) is 1. The summed E-state index contributed by atoms with van der Waals surface area (Å²) in [5.41, 5.74) is 19.8. The minimum Gasteiger partial charge on any atom is -0.475 e. The van der Waals surface area contributed by atoms with Gasteiger partial charge in [-0.25, -0.2) is 4.79 Å². The largest absolute Gasteiger partial charge is 0.490 e. The van der Waals surface area contributed by atoms with Crippen LogP contribution in [-0.4, -0.2) is 65.4 Å². The number of aryl methyl sites for hydroxylation is 1. The van der Waals surface area contributed by atoms with Crippen molar-refractivity contribution in [1.29, 1.82) is 10.8 Å². The number of alkyl halides is 3. The van der Waals surface area contributed by atoms with Crippen LogP contribution in [0.4, 0.5) is 13.2 Å². The number of aliphatic carboxylic acids is 1. The Morgan fingerprint density at radius 3 is 1.89 bits per heavy atom. The van der Waals surface area contributed by atoms with Crippen LogP contribution >= 0.6 is 0 Å². The number of carbonyl (C=O) groups excluding carboxylic acids is 3. The predicted octanol–water partition coefficient (Wildman–Crippen LogP) is 3.43. The number of nitrogen functional groups attached to an aromatic ring is 1. The first-order valence-corrected chi connectivity index (χ1v) is 16.8. The number of fused-ring (bicyclic) bond motifs is 1. The topological polar surface area (TPSA) is 250 Å². The Morgan fingerprint density at radius 2 is 1.31 bits per heavy atom. The van der Waals surface area contributed by atoms with Crippen molar-refractivity contribution in [1.82, 2.24) is 16.0 Å². The highest BCUT2D eigenvalue weighted by Crippen LogP contribution is 2.26. The van der Waals surface area contributed by atoms with Gasteiger partial charge in [0, 0.05) is 12.1 Å². The molecular formula is C38H43F3N8O5. The van der Waals surface area contributed by atoms with Crippen molar-refractivity contribution in [2.75, 3.05) is 6.54 Å². The maximum Gasteiger partial charge on any atom is 0.490 e. The molecule has 0 aromatic heterocycles. The molecule has 3 atom stereocenters. The second-order valence-corrected chi connectivity index (χ2v) is 12.3. The number of hydrogen-bond donors (Lipinski definition) is 9. The normalized spacial score (nSPS) is 12.6. The number of hydrogen-bond acceptors (Lipinski definition) is 6. The van der Waals surface area contributed by atoms with Gasteiger partial charge in [0.1, 0.15) is 17.9 Å². The maximum absolute atomic E-state index is 14.2. The lowest BCUT2D eigenvalue weighted by atomic mass is 9.89. The summed E-state index contributed by atoms with van der Waals surface area (Å²) in [4.78, 5) is 49.1. The van der Waals surface area contributed by atoms with Gasteiger partial charge >= 0.3 is 12.1 Å². The highest BCUT2D eigenvalue weighted by Gasteiger charge is 2.38. The molecule has 286 valence electrons. The van der Waals surface area contributed by atoms with Crippen molar-refractivity contribution in [2.45, 2.75) is 56.3 Å². The van der Waals surface area contributed by atoms with Gasteiger partial charge in [-0.3, -0.25) is 25.2 Å². The molecule has 0 saturated heterocycles. The molecule has 0 aliphatic carbocycles. The van der Waals surface area contributed by atoms with E-state index in [-0.39, 0.29) is 30.5 Å². The molecule has 0 unspecified atom stereocenters. The SMILES string of the molecule is N=C(N)NCCC[C@H](NC(=O)[C@H](CCc1ccccc1)NC(=O)[C@H](Cc1ccc(C(=N)N)cc1)c1ccc2ccccc2c1)C(N)=O.O=C(O)C(F)(F)F. The van der Waals surface area contributed by atoms with Gasteiger partial charge in [-0.2, -0.15) is 13.2 Å². The third kappa shape index (κ3) is 13.6. The number of amides is 3. The molecule has 54 heavy (non-hydrogen) atoms. The zero-order chi connectivity index (χ0) is 39.8. The number of carbonyl (C=O) groups is 4. The lowest BCUT2D eigenvalue weighted by Gasteiger charge is -2.25. The second-order valence-electron chi connectivity index (χ2n) is 12.3. The Labute approximate surface area is 309 Å². The Balaban J connectivity index is 0.00000102. The summed E-state index contributed by atoms with van der Waals surface area (Å²) in [7, 11) is 0. The lowest BCUT2D eigenvalue weighted by Crippen LogP contribution is -2.54. The Kier molecular flexibility index (Phi) is 15.5. The van der Waals surface area contributed by atoms with Crippen LogP contribution < -0.4 is 33.2 Å². The van der Waals surface area contributed by atoms with Crippen LogP contribution in [0, 0.1) is 10.8 Å². The van der Waals surface area contributed by atoms with Crippen molar-refractivity contribution < 1.29 is 37.5 Å². The summed E-state index contributed by atoms with van der Waals surface area (Å²) in [6.07, 6.45) is -3.28. The molecule has 0 aliphatic heterocycles. The highest BCUT2D eigenvalue weighted by atomic mass is 19.4. The number of amidine groups is 1. The zero-order valence-electron chi connectivity index (χ0n) is 29.2. The Hall–Kier alpha value is -6.45. The number of carboxylic acids is 1. The van der Waals surface area contributed by atoms with Crippen LogP contribution in [-0.2, 0) is 32.0 Å². The summed E-state index contributed by atoms with van der Waals surface area (Å²) in [5.74, 6) is -5.20. The fraction of sp³-hybridized carbons (Fsp3) is 0.263. The summed E-state index contributed by atoms with van der Waals surface area (Å²) in [6, 6.07) is 28.7. The van der Waals surface area contributed by atoms with Gasteiger partial charge < -0.3 is 38.3 Å². The Bertz CT molecular complexity index is 1920. The van der Waals surface area contributed by atoms with E-state index in [0.29, 0.717) is 31.4 Å². The lowest BCUT2D eigenvalue weighted by molar-refractivity contribution is -0.192. The van der Waals surface area contributed by atoms with Crippen molar-refractivity contribution in [2.24, 2.45) is 17.2 Å². The van der Waals surface area contributed by atoms with Gasteiger partial charge in [-0.05, 0) is 59.6 Å². The second kappa shape index (κ2) is 20.0. The zero-order valence-corrected chi connectivity index (χ0v) is 29.2. The van der Waals surface area contributed by atoms with Crippen molar-refractivity contribution in [3.05, 3.63) is 119 Å². The monoisotopic (exact) mass is 748 g/mol.